The van der Waals surface area contributed by atoms with E-state index in [4.69, 9.17) is 16.1 Å². The summed E-state index contributed by atoms with van der Waals surface area (Å²) in [5, 5.41) is 15.0. The van der Waals surface area contributed by atoms with Crippen molar-refractivity contribution in [2.45, 2.75) is 13.0 Å². The van der Waals surface area contributed by atoms with Crippen LogP contribution in [0.4, 0.5) is 0 Å². The Hall–Kier alpha value is -1.28. The summed E-state index contributed by atoms with van der Waals surface area (Å²) in [7, 11) is 0. The molecule has 52 valence electrons. The maximum atomic E-state index is 9.57. The summed E-state index contributed by atoms with van der Waals surface area (Å²) in [5.41, 5.74) is 8.99. The molecule has 5 nitrogen and oxygen atoms in total. The first-order valence-corrected chi connectivity index (χ1v) is 2.14. The minimum absolute atomic E-state index is 0.731. The number of hydrogen-bond acceptors (Lipinski definition) is 4. The van der Waals surface area contributed by atoms with Gasteiger partial charge in [0, 0.05) is 0 Å². The van der Waals surface area contributed by atoms with Gasteiger partial charge >= 0.3 is 5.97 Å². The first-order chi connectivity index (χ1) is 4.06. The second-order valence-electron chi connectivity index (χ2n) is 1.26. The van der Waals surface area contributed by atoms with Gasteiger partial charge in [0.05, 0.1) is 0 Å². The van der Waals surface area contributed by atoms with E-state index in [9.17, 15) is 4.79 Å². The van der Waals surface area contributed by atoms with Crippen molar-refractivity contribution >= 4 is 5.97 Å². The molecule has 0 rings (SSSR count). The van der Waals surface area contributed by atoms with E-state index in [0.29, 0.717) is 0 Å². The fourth-order valence-corrected chi connectivity index (χ4v) is 0. The molecule has 0 aliphatic heterocycles. The Morgan fingerprint density at radius 1 is 1.89 bits per heavy atom. The normalized spacial score (nSPS) is 9.89. The highest BCUT2D eigenvalue weighted by Crippen LogP contribution is 1.68. The van der Waals surface area contributed by atoms with Crippen LogP contribution in [0, 0.1) is 11.5 Å². The van der Waals surface area contributed by atoms with Crippen LogP contribution in [0.1, 0.15) is 6.92 Å². The fraction of sp³-hybridized carbons (Fsp3) is 0.500. The second kappa shape index (κ2) is 6.72. The van der Waals surface area contributed by atoms with Crippen molar-refractivity contribution in [1.82, 2.24) is 0 Å². The lowest BCUT2D eigenvalue weighted by Gasteiger charge is -1.90. The Bertz CT molecular complexity index is 115. The molecule has 5 N–H and O–H groups in total. The van der Waals surface area contributed by atoms with E-state index in [1.807, 2.05) is 0 Å². The van der Waals surface area contributed by atoms with Crippen molar-refractivity contribution in [3.8, 4) is 6.19 Å². The first-order valence-electron chi connectivity index (χ1n) is 2.14. The van der Waals surface area contributed by atoms with E-state index >= 15 is 0 Å². The molecule has 0 fully saturated rings. The number of carboxylic acids is 1. The van der Waals surface area contributed by atoms with Crippen LogP contribution < -0.4 is 11.5 Å². The van der Waals surface area contributed by atoms with E-state index < -0.39 is 12.0 Å². The largest absolute Gasteiger partial charge is 0.480 e. The predicted octanol–water partition coefficient (Wildman–Crippen LogP) is -1.16. The highest BCUT2D eigenvalue weighted by Gasteiger charge is 1.99. The molecule has 0 heterocycles. The van der Waals surface area contributed by atoms with E-state index in [1.165, 1.54) is 13.1 Å². The molecular formula is C4H9N3O2. The molecule has 0 saturated carbocycles. The van der Waals surface area contributed by atoms with E-state index in [-0.39, 0.29) is 0 Å². The van der Waals surface area contributed by atoms with Gasteiger partial charge in [0.25, 0.3) is 0 Å². The summed E-state index contributed by atoms with van der Waals surface area (Å²) in [6.07, 6.45) is 1.25. The zero-order chi connectivity index (χ0) is 7.86. The molecule has 0 aromatic heterocycles. The third-order valence-corrected chi connectivity index (χ3v) is 0.390. The van der Waals surface area contributed by atoms with Gasteiger partial charge in [0.2, 0.25) is 0 Å². The van der Waals surface area contributed by atoms with Crippen molar-refractivity contribution in [3.05, 3.63) is 0 Å². The zero-order valence-electron chi connectivity index (χ0n) is 5.03. The van der Waals surface area contributed by atoms with Crippen LogP contribution in [0.15, 0.2) is 0 Å². The van der Waals surface area contributed by atoms with Crippen LogP contribution in [-0.4, -0.2) is 17.1 Å². The second-order valence-corrected chi connectivity index (χ2v) is 1.26. The Labute approximate surface area is 52.9 Å². The maximum Gasteiger partial charge on any atom is 0.320 e. The number of hydrogen-bond donors (Lipinski definition) is 3. The Morgan fingerprint density at radius 2 is 2.00 bits per heavy atom. The molecule has 0 aromatic carbocycles. The molecule has 1 unspecified atom stereocenters. The third kappa shape index (κ3) is 20.2. The Kier molecular flexibility index (Phi) is 7.96. The Morgan fingerprint density at radius 3 is 2.00 bits per heavy atom. The quantitative estimate of drug-likeness (QED) is 0.307. The number of aliphatic carboxylic acids is 1. The van der Waals surface area contributed by atoms with E-state index in [0.717, 1.165) is 0 Å². The first kappa shape index (κ1) is 10.7. The molecule has 1 atom stereocenters. The lowest BCUT2D eigenvalue weighted by molar-refractivity contribution is -0.138. The molecule has 0 aliphatic rings. The number of rotatable bonds is 1. The molecule has 0 bridgehead atoms. The van der Waals surface area contributed by atoms with Gasteiger partial charge in [0.15, 0.2) is 6.19 Å². The summed E-state index contributed by atoms with van der Waals surface area (Å²) >= 11 is 0. The average Bonchev–Trinajstić information content (AvgIpc) is 1.68. The third-order valence-electron chi connectivity index (χ3n) is 0.390. The van der Waals surface area contributed by atoms with Gasteiger partial charge in [-0.25, -0.2) is 0 Å². The lowest BCUT2D eigenvalue weighted by atomic mass is 10.4. The molecule has 0 aliphatic carbocycles. The van der Waals surface area contributed by atoms with Crippen molar-refractivity contribution in [2.24, 2.45) is 11.5 Å². The van der Waals surface area contributed by atoms with Gasteiger partial charge < -0.3 is 16.6 Å². The van der Waals surface area contributed by atoms with Gasteiger partial charge in [-0.2, -0.15) is 5.26 Å². The van der Waals surface area contributed by atoms with Crippen LogP contribution in [-0.2, 0) is 4.79 Å². The van der Waals surface area contributed by atoms with E-state index in [1.54, 1.807) is 0 Å². The highest BCUT2D eigenvalue weighted by molar-refractivity contribution is 5.72. The molecule has 0 radical (unpaired) electrons. The van der Waals surface area contributed by atoms with Gasteiger partial charge in [0.1, 0.15) is 6.04 Å². The SMILES string of the molecule is CC(N)C(=O)O.N#CN. The number of carbonyl (C=O) groups is 1. The summed E-state index contributed by atoms with van der Waals surface area (Å²) < 4.78 is 0. The lowest BCUT2D eigenvalue weighted by Crippen LogP contribution is -2.25. The van der Waals surface area contributed by atoms with Gasteiger partial charge in [-0.05, 0) is 6.92 Å². The number of nitriles is 1. The van der Waals surface area contributed by atoms with Crippen LogP contribution >= 0.6 is 0 Å². The number of nitrogens with zero attached hydrogens (tertiary/aromatic N) is 1. The zero-order valence-corrected chi connectivity index (χ0v) is 5.03. The minimum Gasteiger partial charge on any atom is -0.480 e. The van der Waals surface area contributed by atoms with E-state index in [2.05, 4.69) is 5.73 Å². The fourth-order valence-electron chi connectivity index (χ4n) is 0. The van der Waals surface area contributed by atoms with Crippen molar-refractivity contribution in [1.29, 1.82) is 5.26 Å². The van der Waals surface area contributed by atoms with Crippen LogP contribution in [0.3, 0.4) is 0 Å². The van der Waals surface area contributed by atoms with Gasteiger partial charge in [-0.15, -0.1) is 0 Å². The minimum atomic E-state index is -0.963. The number of nitrogens with two attached hydrogens (primary N) is 2. The van der Waals surface area contributed by atoms with Gasteiger partial charge in [-0.3, -0.25) is 4.79 Å². The standard InChI is InChI=1S/C3H7NO2.CH2N2/c1-2(4)3(5)6;2-1-3/h2H,4H2,1H3,(H,5,6);2H2. The average molecular weight is 131 g/mol. The molecule has 0 spiro atoms. The smallest absolute Gasteiger partial charge is 0.320 e. The molecular weight excluding hydrogens is 122 g/mol. The summed E-state index contributed by atoms with van der Waals surface area (Å²) in [5.74, 6) is -0.963. The molecule has 0 aromatic rings. The summed E-state index contributed by atoms with van der Waals surface area (Å²) in [6, 6.07) is -0.731. The van der Waals surface area contributed by atoms with Crippen molar-refractivity contribution in [2.75, 3.05) is 0 Å². The summed E-state index contributed by atoms with van der Waals surface area (Å²) in [4.78, 5) is 9.57. The molecule has 9 heavy (non-hydrogen) atoms. The van der Waals surface area contributed by atoms with Crippen LogP contribution in [0.25, 0.3) is 0 Å². The maximum absolute atomic E-state index is 9.57. The van der Waals surface area contributed by atoms with Crippen LogP contribution in [0.5, 0.6) is 0 Å². The van der Waals surface area contributed by atoms with Crippen molar-refractivity contribution < 1.29 is 9.90 Å². The van der Waals surface area contributed by atoms with Crippen molar-refractivity contribution in [3.63, 3.8) is 0 Å². The molecule has 0 amide bonds. The van der Waals surface area contributed by atoms with Crippen LogP contribution in [0.2, 0.25) is 0 Å². The number of carboxylic acid groups (broad SMARTS) is 1. The monoisotopic (exact) mass is 131 g/mol. The Balaban J connectivity index is 0. The van der Waals surface area contributed by atoms with Gasteiger partial charge in [-0.1, -0.05) is 0 Å². The topological polar surface area (TPSA) is 113 Å². The summed E-state index contributed by atoms with van der Waals surface area (Å²) in [6.45, 7) is 1.42. The highest BCUT2D eigenvalue weighted by atomic mass is 16.4. The molecule has 0 saturated heterocycles. The molecule has 5 heteroatoms. The predicted molar refractivity (Wildman–Crippen MR) is 31.1 cm³/mol.